The third-order valence-electron chi connectivity index (χ3n) is 5.43. The number of rotatable bonds is 10. The van der Waals surface area contributed by atoms with Gasteiger partial charge in [-0.3, -0.25) is 9.59 Å². The maximum Gasteiger partial charge on any atom is 0.261 e. The van der Waals surface area contributed by atoms with Crippen molar-refractivity contribution in [3.05, 3.63) is 94.5 Å². The van der Waals surface area contributed by atoms with E-state index in [1.807, 2.05) is 75.4 Å². The first-order chi connectivity index (χ1) is 17.1. The summed E-state index contributed by atoms with van der Waals surface area (Å²) < 4.78 is 11.9. The van der Waals surface area contributed by atoms with Gasteiger partial charge in [-0.15, -0.1) is 0 Å². The van der Waals surface area contributed by atoms with E-state index in [1.165, 1.54) is 0 Å². The van der Waals surface area contributed by atoms with Gasteiger partial charge >= 0.3 is 0 Å². The van der Waals surface area contributed by atoms with Crippen LogP contribution >= 0.6 is 15.9 Å². The Bertz CT molecular complexity index is 1140. The standard InChI is InChI=1S/C29H33BrN2O4/c1-29(2,3)31-28(34)26(18-21-9-6-5-7-10-21)32(19-22-11-8-12-23(30)17-22)27(33)20-36-25-15-13-24(35-4)14-16-25/h5-17,26H,18-20H2,1-4H3,(H,31,34)/t26-/m0/s1. The third kappa shape index (κ3) is 8.41. The molecule has 0 radical (unpaired) electrons. The molecule has 36 heavy (non-hydrogen) atoms. The van der Waals surface area contributed by atoms with Crippen LogP contribution in [0.25, 0.3) is 0 Å². The molecule has 0 fully saturated rings. The zero-order valence-electron chi connectivity index (χ0n) is 21.2. The normalized spacial score (nSPS) is 11.9. The summed E-state index contributed by atoms with van der Waals surface area (Å²) in [6, 6.07) is 23.8. The van der Waals surface area contributed by atoms with E-state index < -0.39 is 11.6 Å². The number of nitrogens with one attached hydrogen (secondary N) is 1. The van der Waals surface area contributed by atoms with Crippen LogP contribution in [0.4, 0.5) is 0 Å². The molecular weight excluding hydrogens is 520 g/mol. The predicted octanol–water partition coefficient (Wildman–Crippen LogP) is 5.39. The number of hydrogen-bond acceptors (Lipinski definition) is 4. The van der Waals surface area contributed by atoms with Crippen LogP contribution < -0.4 is 14.8 Å². The Hall–Kier alpha value is -3.32. The van der Waals surface area contributed by atoms with Crippen LogP contribution in [0.3, 0.4) is 0 Å². The van der Waals surface area contributed by atoms with Gasteiger partial charge in [0.1, 0.15) is 17.5 Å². The zero-order chi connectivity index (χ0) is 26.1. The Morgan fingerprint density at radius 2 is 1.56 bits per heavy atom. The van der Waals surface area contributed by atoms with Gasteiger partial charge in [-0.05, 0) is 68.3 Å². The number of halogens is 1. The van der Waals surface area contributed by atoms with Gasteiger partial charge < -0.3 is 19.7 Å². The largest absolute Gasteiger partial charge is 0.497 e. The van der Waals surface area contributed by atoms with E-state index >= 15 is 0 Å². The molecule has 0 aromatic heterocycles. The van der Waals surface area contributed by atoms with E-state index in [0.29, 0.717) is 17.9 Å². The van der Waals surface area contributed by atoms with E-state index in [9.17, 15) is 9.59 Å². The van der Waals surface area contributed by atoms with Crippen LogP contribution in [0.1, 0.15) is 31.9 Å². The highest BCUT2D eigenvalue weighted by Gasteiger charge is 2.32. The SMILES string of the molecule is COc1ccc(OCC(=O)N(Cc2cccc(Br)c2)[C@@H](Cc2ccccc2)C(=O)NC(C)(C)C)cc1. The second-order valence-corrected chi connectivity index (χ2v) is 10.5. The fourth-order valence-corrected chi connectivity index (χ4v) is 4.19. The monoisotopic (exact) mass is 552 g/mol. The fourth-order valence-electron chi connectivity index (χ4n) is 3.74. The van der Waals surface area contributed by atoms with Crippen molar-refractivity contribution in [2.24, 2.45) is 0 Å². The first kappa shape index (κ1) is 27.3. The van der Waals surface area contributed by atoms with Gasteiger partial charge in [0.15, 0.2) is 6.61 Å². The van der Waals surface area contributed by atoms with Crippen LogP contribution in [-0.4, -0.2) is 42.0 Å². The number of ether oxygens (including phenoxy) is 2. The molecule has 3 aromatic rings. The van der Waals surface area contributed by atoms with Gasteiger partial charge in [-0.1, -0.05) is 58.4 Å². The summed E-state index contributed by atoms with van der Waals surface area (Å²) in [6.45, 7) is 5.85. The van der Waals surface area contributed by atoms with Gasteiger partial charge in [0.25, 0.3) is 5.91 Å². The van der Waals surface area contributed by atoms with Crippen molar-refractivity contribution >= 4 is 27.7 Å². The van der Waals surface area contributed by atoms with E-state index in [0.717, 1.165) is 15.6 Å². The molecule has 0 bridgehead atoms. The number of carbonyl (C=O) groups excluding carboxylic acids is 2. The van der Waals surface area contributed by atoms with E-state index in [2.05, 4.69) is 21.2 Å². The first-order valence-electron chi connectivity index (χ1n) is 11.8. The summed E-state index contributed by atoms with van der Waals surface area (Å²) in [5.41, 5.74) is 1.43. The molecule has 1 N–H and O–H groups in total. The molecule has 3 rings (SSSR count). The Morgan fingerprint density at radius 1 is 0.917 bits per heavy atom. The average molecular weight is 553 g/mol. The topological polar surface area (TPSA) is 67.9 Å². The number of carbonyl (C=O) groups is 2. The minimum absolute atomic E-state index is 0.200. The molecule has 0 saturated heterocycles. The third-order valence-corrected chi connectivity index (χ3v) is 5.93. The second kappa shape index (κ2) is 12.6. The van der Waals surface area contributed by atoms with Gasteiger partial charge in [0.05, 0.1) is 7.11 Å². The molecule has 2 amide bonds. The van der Waals surface area contributed by atoms with Crippen molar-refractivity contribution in [3.63, 3.8) is 0 Å². The lowest BCUT2D eigenvalue weighted by atomic mass is 10.0. The van der Waals surface area contributed by atoms with Gasteiger partial charge in [-0.2, -0.15) is 0 Å². The molecule has 0 aliphatic rings. The molecule has 0 unspecified atom stereocenters. The molecular formula is C29H33BrN2O4. The molecule has 0 aliphatic heterocycles. The number of methoxy groups -OCH3 is 1. The Balaban J connectivity index is 1.91. The lowest BCUT2D eigenvalue weighted by molar-refractivity contribution is -0.143. The van der Waals surface area contributed by atoms with E-state index in [1.54, 1.807) is 36.3 Å². The lowest BCUT2D eigenvalue weighted by Gasteiger charge is -2.33. The average Bonchev–Trinajstić information content (AvgIpc) is 2.84. The van der Waals surface area contributed by atoms with Gasteiger partial charge in [0, 0.05) is 23.0 Å². The summed E-state index contributed by atoms with van der Waals surface area (Å²) in [4.78, 5) is 28.8. The van der Waals surface area contributed by atoms with Gasteiger partial charge in [0.2, 0.25) is 5.91 Å². The minimum Gasteiger partial charge on any atom is -0.497 e. The Morgan fingerprint density at radius 3 is 2.17 bits per heavy atom. The molecule has 190 valence electrons. The van der Waals surface area contributed by atoms with Crippen molar-refractivity contribution in [1.82, 2.24) is 10.2 Å². The summed E-state index contributed by atoms with van der Waals surface area (Å²) in [6.07, 6.45) is 0.380. The molecule has 0 aliphatic carbocycles. The highest BCUT2D eigenvalue weighted by molar-refractivity contribution is 9.10. The van der Waals surface area contributed by atoms with Crippen LogP contribution in [0.5, 0.6) is 11.5 Å². The van der Waals surface area contributed by atoms with Crippen LogP contribution in [-0.2, 0) is 22.6 Å². The first-order valence-corrected chi connectivity index (χ1v) is 12.6. The van der Waals surface area contributed by atoms with Crippen molar-refractivity contribution in [2.45, 2.75) is 45.3 Å². The van der Waals surface area contributed by atoms with Crippen LogP contribution in [0, 0.1) is 0 Å². The quantitative estimate of drug-likeness (QED) is 0.366. The van der Waals surface area contributed by atoms with Crippen molar-refractivity contribution in [1.29, 1.82) is 0 Å². The highest BCUT2D eigenvalue weighted by Crippen LogP contribution is 2.20. The van der Waals surface area contributed by atoms with Gasteiger partial charge in [-0.25, -0.2) is 0 Å². The molecule has 0 spiro atoms. The number of amides is 2. The van der Waals surface area contributed by atoms with Crippen molar-refractivity contribution in [3.8, 4) is 11.5 Å². The molecule has 1 atom stereocenters. The Kier molecular flexibility index (Phi) is 9.53. The summed E-state index contributed by atoms with van der Waals surface area (Å²) >= 11 is 3.50. The van der Waals surface area contributed by atoms with E-state index in [-0.39, 0.29) is 25.0 Å². The Labute approximate surface area is 221 Å². The summed E-state index contributed by atoms with van der Waals surface area (Å²) in [7, 11) is 1.59. The fraction of sp³-hybridized carbons (Fsp3) is 0.310. The maximum atomic E-state index is 13.6. The minimum atomic E-state index is -0.724. The number of nitrogens with zero attached hydrogens (tertiary/aromatic N) is 1. The molecule has 7 heteroatoms. The van der Waals surface area contributed by atoms with Crippen LogP contribution in [0.15, 0.2) is 83.3 Å². The second-order valence-electron chi connectivity index (χ2n) is 9.56. The summed E-state index contributed by atoms with van der Waals surface area (Å²) in [5.74, 6) is 0.756. The molecule has 0 saturated carbocycles. The van der Waals surface area contributed by atoms with E-state index in [4.69, 9.17) is 9.47 Å². The van der Waals surface area contributed by atoms with Crippen LogP contribution in [0.2, 0.25) is 0 Å². The zero-order valence-corrected chi connectivity index (χ0v) is 22.7. The predicted molar refractivity (Wildman–Crippen MR) is 145 cm³/mol. The maximum absolute atomic E-state index is 13.6. The highest BCUT2D eigenvalue weighted by atomic mass is 79.9. The summed E-state index contributed by atoms with van der Waals surface area (Å²) in [5, 5.41) is 3.06. The molecule has 6 nitrogen and oxygen atoms in total. The van der Waals surface area contributed by atoms with Crippen molar-refractivity contribution in [2.75, 3.05) is 13.7 Å². The number of benzene rings is 3. The lowest BCUT2D eigenvalue weighted by Crippen LogP contribution is -2.55. The van der Waals surface area contributed by atoms with Crippen molar-refractivity contribution < 1.29 is 19.1 Å². The number of hydrogen-bond donors (Lipinski definition) is 1. The molecule has 0 heterocycles. The molecule has 3 aromatic carbocycles. The smallest absolute Gasteiger partial charge is 0.261 e.